The topological polar surface area (TPSA) is 52.0 Å². The van der Waals surface area contributed by atoms with Gasteiger partial charge in [-0.2, -0.15) is 0 Å². The fourth-order valence-electron chi connectivity index (χ4n) is 2.99. The average Bonchev–Trinajstić information content (AvgIpc) is 3.14. The van der Waals surface area contributed by atoms with Gasteiger partial charge < -0.3 is 0 Å². The Morgan fingerprint density at radius 1 is 0.862 bits per heavy atom. The highest BCUT2D eigenvalue weighted by Gasteiger charge is 2.15. The summed E-state index contributed by atoms with van der Waals surface area (Å²) in [6, 6.07) is 20.0. The summed E-state index contributed by atoms with van der Waals surface area (Å²) in [4.78, 5) is 4.97. The molecule has 146 valence electrons. The summed E-state index contributed by atoms with van der Waals surface area (Å²) in [5, 5.41) is 0.617. The molecule has 0 bridgehead atoms. The van der Waals surface area contributed by atoms with Crippen molar-refractivity contribution < 1.29 is 12.8 Å². The Bertz CT molecular complexity index is 1260. The summed E-state index contributed by atoms with van der Waals surface area (Å²) < 4.78 is 38.7. The van der Waals surface area contributed by atoms with Crippen LogP contribution in [0.25, 0.3) is 28.3 Å². The molecule has 0 N–H and O–H groups in total. The van der Waals surface area contributed by atoms with Gasteiger partial charge in [0.05, 0.1) is 10.6 Å². The molecule has 0 fully saturated rings. The van der Waals surface area contributed by atoms with Crippen LogP contribution in [-0.2, 0) is 9.84 Å². The molecule has 0 saturated heterocycles. The molecule has 4 nitrogen and oxygen atoms in total. The number of halogens is 2. The number of imidazole rings is 1. The Morgan fingerprint density at radius 2 is 1.45 bits per heavy atom. The zero-order valence-electron chi connectivity index (χ0n) is 15.4. The minimum Gasteiger partial charge on any atom is -0.299 e. The maximum Gasteiger partial charge on any atom is 0.175 e. The van der Waals surface area contributed by atoms with Crippen LogP contribution < -0.4 is 0 Å². The Labute approximate surface area is 173 Å². The second kappa shape index (κ2) is 7.46. The fourth-order valence-corrected chi connectivity index (χ4v) is 3.75. The van der Waals surface area contributed by atoms with E-state index < -0.39 is 9.84 Å². The van der Waals surface area contributed by atoms with E-state index in [4.69, 9.17) is 16.6 Å². The molecule has 7 heteroatoms. The standard InChI is InChI=1S/C22H16ClFN2O2S/c1-29(27,28)20-12-4-16(5-13-20)22-25-21(15-2-8-18(24)9-3-15)14-26(22)19-10-6-17(23)7-11-19/h2-14H,1H3. The van der Waals surface area contributed by atoms with Crippen LogP contribution in [0.15, 0.2) is 83.9 Å². The first kappa shape index (κ1) is 19.4. The van der Waals surface area contributed by atoms with Crippen molar-refractivity contribution in [1.29, 1.82) is 0 Å². The van der Waals surface area contributed by atoms with Gasteiger partial charge in [-0.15, -0.1) is 0 Å². The van der Waals surface area contributed by atoms with Crippen molar-refractivity contribution in [2.24, 2.45) is 0 Å². The second-order valence-electron chi connectivity index (χ2n) is 6.60. The van der Waals surface area contributed by atoms with Gasteiger partial charge in [-0.1, -0.05) is 11.6 Å². The molecule has 4 aromatic rings. The molecule has 0 atom stereocenters. The van der Waals surface area contributed by atoms with E-state index in [0.29, 0.717) is 16.5 Å². The average molecular weight is 427 g/mol. The molecule has 0 spiro atoms. The van der Waals surface area contributed by atoms with Crippen LogP contribution in [0.1, 0.15) is 0 Å². The lowest BCUT2D eigenvalue weighted by Crippen LogP contribution is -1.98. The van der Waals surface area contributed by atoms with Gasteiger partial charge >= 0.3 is 0 Å². The molecule has 0 unspecified atom stereocenters. The number of rotatable bonds is 4. The van der Waals surface area contributed by atoms with Crippen LogP contribution in [0.2, 0.25) is 5.02 Å². The molecule has 0 aliphatic heterocycles. The zero-order chi connectivity index (χ0) is 20.6. The molecule has 0 aliphatic rings. The highest BCUT2D eigenvalue weighted by Crippen LogP contribution is 2.29. The predicted molar refractivity (Wildman–Crippen MR) is 113 cm³/mol. The molecule has 3 aromatic carbocycles. The molecular weight excluding hydrogens is 411 g/mol. The minimum atomic E-state index is -3.29. The Morgan fingerprint density at radius 3 is 2.03 bits per heavy atom. The summed E-state index contributed by atoms with van der Waals surface area (Å²) in [6.07, 6.45) is 3.03. The molecule has 1 aromatic heterocycles. The second-order valence-corrected chi connectivity index (χ2v) is 9.05. The first-order valence-electron chi connectivity index (χ1n) is 8.73. The van der Waals surface area contributed by atoms with Gasteiger partial charge in [0.2, 0.25) is 0 Å². The predicted octanol–water partition coefficient (Wildman–Crippen LogP) is 5.40. The highest BCUT2D eigenvalue weighted by atomic mass is 35.5. The first-order chi connectivity index (χ1) is 13.8. The van der Waals surface area contributed by atoms with Gasteiger partial charge in [0, 0.05) is 34.3 Å². The molecule has 29 heavy (non-hydrogen) atoms. The maximum absolute atomic E-state index is 13.3. The number of aromatic nitrogens is 2. The maximum atomic E-state index is 13.3. The van der Waals surface area contributed by atoms with E-state index in [9.17, 15) is 12.8 Å². The van der Waals surface area contributed by atoms with Crippen LogP contribution in [0.4, 0.5) is 4.39 Å². The number of benzene rings is 3. The largest absolute Gasteiger partial charge is 0.299 e. The van der Waals surface area contributed by atoms with Gasteiger partial charge in [-0.3, -0.25) is 4.57 Å². The number of nitrogens with zero attached hydrogens (tertiary/aromatic N) is 2. The van der Waals surface area contributed by atoms with E-state index in [1.807, 2.05) is 22.9 Å². The third-order valence-corrected chi connectivity index (χ3v) is 5.87. The van der Waals surface area contributed by atoms with Crippen LogP contribution >= 0.6 is 11.6 Å². The van der Waals surface area contributed by atoms with Crippen LogP contribution in [0.3, 0.4) is 0 Å². The quantitative estimate of drug-likeness (QED) is 0.439. The summed E-state index contributed by atoms with van der Waals surface area (Å²) in [5.41, 5.74) is 3.04. The molecule has 0 amide bonds. The van der Waals surface area contributed by atoms with Crippen molar-refractivity contribution in [3.63, 3.8) is 0 Å². The van der Waals surface area contributed by atoms with E-state index in [1.165, 1.54) is 18.4 Å². The van der Waals surface area contributed by atoms with E-state index in [1.54, 1.807) is 48.5 Å². The third-order valence-electron chi connectivity index (χ3n) is 4.49. The summed E-state index contributed by atoms with van der Waals surface area (Å²) in [7, 11) is -3.29. The highest BCUT2D eigenvalue weighted by molar-refractivity contribution is 7.90. The molecule has 0 radical (unpaired) electrons. The molecule has 1 heterocycles. The van der Waals surface area contributed by atoms with Crippen LogP contribution in [0.5, 0.6) is 0 Å². The minimum absolute atomic E-state index is 0.240. The van der Waals surface area contributed by atoms with E-state index >= 15 is 0 Å². The SMILES string of the molecule is CS(=O)(=O)c1ccc(-c2nc(-c3ccc(F)cc3)cn2-c2ccc(Cl)cc2)cc1. The number of hydrogen-bond acceptors (Lipinski definition) is 3. The number of sulfone groups is 1. The van der Waals surface area contributed by atoms with Gasteiger partial charge in [-0.25, -0.2) is 17.8 Å². The smallest absolute Gasteiger partial charge is 0.175 e. The van der Waals surface area contributed by atoms with Crippen molar-refractivity contribution in [1.82, 2.24) is 9.55 Å². The van der Waals surface area contributed by atoms with Crippen molar-refractivity contribution in [3.05, 3.63) is 89.8 Å². The van der Waals surface area contributed by atoms with Gasteiger partial charge in [0.15, 0.2) is 9.84 Å². The van der Waals surface area contributed by atoms with Gasteiger partial charge in [-0.05, 0) is 72.8 Å². The summed E-state index contributed by atoms with van der Waals surface area (Å²) in [6.45, 7) is 0. The Hall–Kier alpha value is -2.96. The Kier molecular flexibility index (Phi) is 4.98. The molecular formula is C22H16ClFN2O2S. The van der Waals surface area contributed by atoms with E-state index in [0.717, 1.165) is 16.8 Å². The van der Waals surface area contributed by atoms with E-state index in [-0.39, 0.29) is 10.7 Å². The lowest BCUT2D eigenvalue weighted by molar-refractivity contribution is 0.602. The number of hydrogen-bond donors (Lipinski definition) is 0. The van der Waals surface area contributed by atoms with Crippen molar-refractivity contribution >= 4 is 21.4 Å². The zero-order valence-corrected chi connectivity index (χ0v) is 17.0. The van der Waals surface area contributed by atoms with Crippen molar-refractivity contribution in [3.8, 4) is 28.3 Å². The fraction of sp³-hybridized carbons (Fsp3) is 0.0455. The molecule has 4 rings (SSSR count). The van der Waals surface area contributed by atoms with Crippen LogP contribution in [-0.4, -0.2) is 24.2 Å². The van der Waals surface area contributed by atoms with E-state index in [2.05, 4.69) is 0 Å². The summed E-state index contributed by atoms with van der Waals surface area (Å²) >= 11 is 6.01. The van der Waals surface area contributed by atoms with Gasteiger partial charge in [0.25, 0.3) is 0 Å². The molecule has 0 saturated carbocycles. The summed E-state index contributed by atoms with van der Waals surface area (Å²) in [5.74, 6) is 0.314. The van der Waals surface area contributed by atoms with Crippen molar-refractivity contribution in [2.45, 2.75) is 4.90 Å². The molecule has 0 aliphatic carbocycles. The normalized spacial score (nSPS) is 11.6. The monoisotopic (exact) mass is 426 g/mol. The van der Waals surface area contributed by atoms with Crippen molar-refractivity contribution in [2.75, 3.05) is 6.26 Å². The van der Waals surface area contributed by atoms with Gasteiger partial charge in [0.1, 0.15) is 11.6 Å². The lowest BCUT2D eigenvalue weighted by Gasteiger charge is -2.08. The lowest BCUT2D eigenvalue weighted by atomic mass is 10.2. The third kappa shape index (κ3) is 4.09. The first-order valence-corrected chi connectivity index (χ1v) is 11.0. The Balaban J connectivity index is 1.86. The van der Waals surface area contributed by atoms with Crippen LogP contribution in [0, 0.1) is 5.82 Å².